The molecule has 160 valence electrons. The molecule has 0 saturated carbocycles. The summed E-state index contributed by atoms with van der Waals surface area (Å²) in [6, 6.07) is 24.6. The van der Waals surface area contributed by atoms with E-state index in [2.05, 4.69) is 10.6 Å². The van der Waals surface area contributed by atoms with Gasteiger partial charge in [-0.1, -0.05) is 30.3 Å². The Kier molecular flexibility index (Phi) is 7.65. The zero-order valence-corrected chi connectivity index (χ0v) is 17.8. The number of carbonyl (C=O) groups excluding carboxylic acids is 2. The third-order valence-corrected chi connectivity index (χ3v) is 4.62. The molecule has 3 aromatic carbocycles. The first-order chi connectivity index (χ1) is 15.0. The number of anilines is 2. The molecule has 0 unspecified atom stereocenters. The Labute approximate surface area is 182 Å². The summed E-state index contributed by atoms with van der Waals surface area (Å²) in [4.78, 5) is 25.6. The molecule has 31 heavy (non-hydrogen) atoms. The van der Waals surface area contributed by atoms with Crippen LogP contribution in [0, 0.1) is 0 Å². The van der Waals surface area contributed by atoms with Gasteiger partial charge in [0, 0.05) is 31.9 Å². The predicted molar refractivity (Wildman–Crippen MR) is 124 cm³/mol. The Morgan fingerprint density at radius 2 is 1.55 bits per heavy atom. The highest BCUT2D eigenvalue weighted by molar-refractivity contribution is 5.93. The molecule has 0 aliphatic carbocycles. The minimum Gasteiger partial charge on any atom is -0.457 e. The molecule has 0 aliphatic rings. The Morgan fingerprint density at radius 3 is 2.26 bits per heavy atom. The van der Waals surface area contributed by atoms with E-state index in [0.29, 0.717) is 18.5 Å². The molecule has 0 aromatic heterocycles. The molecule has 3 aromatic rings. The van der Waals surface area contributed by atoms with E-state index in [0.717, 1.165) is 22.7 Å². The minimum atomic E-state index is -0.147. The monoisotopic (exact) mass is 417 g/mol. The maximum absolute atomic E-state index is 12.3. The van der Waals surface area contributed by atoms with E-state index in [-0.39, 0.29) is 18.4 Å². The molecule has 0 bridgehead atoms. The Morgan fingerprint density at radius 1 is 0.839 bits per heavy atom. The van der Waals surface area contributed by atoms with E-state index in [9.17, 15) is 9.59 Å². The van der Waals surface area contributed by atoms with E-state index in [1.807, 2.05) is 78.9 Å². The van der Waals surface area contributed by atoms with Gasteiger partial charge in [0.1, 0.15) is 11.5 Å². The lowest BCUT2D eigenvalue weighted by Gasteiger charge is -2.11. The summed E-state index contributed by atoms with van der Waals surface area (Å²) in [6.45, 7) is 0.141. The smallest absolute Gasteiger partial charge is 0.243 e. The van der Waals surface area contributed by atoms with Crippen molar-refractivity contribution in [3.63, 3.8) is 0 Å². The van der Waals surface area contributed by atoms with Gasteiger partial charge < -0.3 is 20.3 Å². The standard InChI is InChI=1S/C25H27N3O3/c1-28(2)25(30)16-11-19-7-6-8-21(17-19)27-24(29)18-26-20-12-14-23(15-13-20)31-22-9-4-3-5-10-22/h3-10,12-15,17,26H,11,16,18H2,1-2H3,(H,27,29). The van der Waals surface area contributed by atoms with Crippen molar-refractivity contribution < 1.29 is 14.3 Å². The lowest BCUT2D eigenvalue weighted by atomic mass is 10.1. The summed E-state index contributed by atoms with van der Waals surface area (Å²) in [5, 5.41) is 5.99. The van der Waals surface area contributed by atoms with Gasteiger partial charge in [-0.15, -0.1) is 0 Å². The lowest BCUT2D eigenvalue weighted by Crippen LogP contribution is -2.22. The van der Waals surface area contributed by atoms with Gasteiger partial charge in [-0.3, -0.25) is 9.59 Å². The highest BCUT2D eigenvalue weighted by Gasteiger charge is 2.07. The van der Waals surface area contributed by atoms with Crippen molar-refractivity contribution in [2.24, 2.45) is 0 Å². The highest BCUT2D eigenvalue weighted by atomic mass is 16.5. The normalized spacial score (nSPS) is 10.3. The number of hydrogen-bond donors (Lipinski definition) is 2. The molecule has 0 saturated heterocycles. The van der Waals surface area contributed by atoms with Crippen molar-refractivity contribution in [1.29, 1.82) is 0 Å². The topological polar surface area (TPSA) is 70.7 Å². The van der Waals surface area contributed by atoms with Crippen LogP contribution in [0.3, 0.4) is 0 Å². The quantitative estimate of drug-likeness (QED) is 0.536. The molecule has 6 nitrogen and oxygen atoms in total. The second-order valence-electron chi connectivity index (χ2n) is 7.33. The van der Waals surface area contributed by atoms with Crippen LogP contribution in [-0.4, -0.2) is 37.4 Å². The highest BCUT2D eigenvalue weighted by Crippen LogP contribution is 2.22. The zero-order chi connectivity index (χ0) is 22.1. The van der Waals surface area contributed by atoms with Crippen LogP contribution in [-0.2, 0) is 16.0 Å². The van der Waals surface area contributed by atoms with E-state index >= 15 is 0 Å². The molecular weight excluding hydrogens is 390 g/mol. The van der Waals surface area contributed by atoms with Crippen molar-refractivity contribution in [3.8, 4) is 11.5 Å². The van der Waals surface area contributed by atoms with Crippen LogP contribution in [0.15, 0.2) is 78.9 Å². The van der Waals surface area contributed by atoms with Crippen LogP contribution in [0.5, 0.6) is 11.5 Å². The van der Waals surface area contributed by atoms with Gasteiger partial charge in [0.25, 0.3) is 0 Å². The molecule has 0 heterocycles. The third-order valence-electron chi connectivity index (χ3n) is 4.62. The summed E-state index contributed by atoms with van der Waals surface area (Å²) in [7, 11) is 3.49. The first-order valence-electron chi connectivity index (χ1n) is 10.2. The largest absolute Gasteiger partial charge is 0.457 e. The zero-order valence-electron chi connectivity index (χ0n) is 17.8. The minimum absolute atomic E-state index is 0.0822. The second-order valence-corrected chi connectivity index (χ2v) is 7.33. The van der Waals surface area contributed by atoms with Gasteiger partial charge in [0.15, 0.2) is 0 Å². The van der Waals surface area contributed by atoms with Crippen molar-refractivity contribution in [2.45, 2.75) is 12.8 Å². The SMILES string of the molecule is CN(C)C(=O)CCc1cccc(NC(=O)CNc2ccc(Oc3ccccc3)cc2)c1. The Bertz CT molecular complexity index is 1000. The number of carbonyl (C=O) groups is 2. The van der Waals surface area contributed by atoms with Crippen molar-refractivity contribution in [3.05, 3.63) is 84.4 Å². The maximum atomic E-state index is 12.3. The van der Waals surface area contributed by atoms with Crippen LogP contribution in [0.2, 0.25) is 0 Å². The molecular formula is C25H27N3O3. The van der Waals surface area contributed by atoms with Crippen LogP contribution in [0.1, 0.15) is 12.0 Å². The number of hydrogen-bond acceptors (Lipinski definition) is 4. The molecule has 0 aliphatic heterocycles. The molecule has 6 heteroatoms. The summed E-state index contributed by atoms with van der Waals surface area (Å²) in [6.07, 6.45) is 1.08. The van der Waals surface area contributed by atoms with Gasteiger partial charge >= 0.3 is 0 Å². The fourth-order valence-corrected chi connectivity index (χ4v) is 2.93. The van der Waals surface area contributed by atoms with Crippen LogP contribution in [0.4, 0.5) is 11.4 Å². The number of rotatable bonds is 9. The summed E-state index contributed by atoms with van der Waals surface area (Å²) in [5.74, 6) is 1.44. The van der Waals surface area contributed by atoms with Gasteiger partial charge in [-0.05, 0) is 60.5 Å². The second kappa shape index (κ2) is 10.8. The van der Waals surface area contributed by atoms with E-state index < -0.39 is 0 Å². The molecule has 0 fully saturated rings. The van der Waals surface area contributed by atoms with Crippen molar-refractivity contribution in [1.82, 2.24) is 4.90 Å². The summed E-state index contributed by atoms with van der Waals surface area (Å²) in [5.41, 5.74) is 2.55. The fraction of sp³-hybridized carbons (Fsp3) is 0.200. The van der Waals surface area contributed by atoms with Gasteiger partial charge in [0.05, 0.1) is 6.54 Å². The van der Waals surface area contributed by atoms with Crippen molar-refractivity contribution in [2.75, 3.05) is 31.3 Å². The third kappa shape index (κ3) is 7.19. The van der Waals surface area contributed by atoms with Crippen LogP contribution < -0.4 is 15.4 Å². The molecule has 0 atom stereocenters. The van der Waals surface area contributed by atoms with Crippen LogP contribution in [0.25, 0.3) is 0 Å². The van der Waals surface area contributed by atoms with Crippen LogP contribution >= 0.6 is 0 Å². The van der Waals surface area contributed by atoms with Gasteiger partial charge in [0.2, 0.25) is 11.8 Å². The average Bonchev–Trinajstić information content (AvgIpc) is 2.78. The van der Waals surface area contributed by atoms with Crippen molar-refractivity contribution >= 4 is 23.2 Å². The molecule has 0 radical (unpaired) electrons. The predicted octanol–water partition coefficient (Wildman–Crippen LogP) is 4.55. The number of aryl methyl sites for hydroxylation is 1. The Balaban J connectivity index is 1.46. The number of amides is 2. The number of ether oxygens (including phenoxy) is 1. The molecule has 2 N–H and O–H groups in total. The average molecular weight is 418 g/mol. The number of nitrogens with zero attached hydrogens (tertiary/aromatic N) is 1. The molecule has 2 amide bonds. The lowest BCUT2D eigenvalue weighted by molar-refractivity contribution is -0.128. The first-order valence-corrected chi connectivity index (χ1v) is 10.2. The first kappa shape index (κ1) is 21.9. The summed E-state index contributed by atoms with van der Waals surface area (Å²) < 4.78 is 5.77. The number of para-hydroxylation sites is 1. The van der Waals surface area contributed by atoms with E-state index in [4.69, 9.17) is 4.74 Å². The molecule has 0 spiro atoms. The number of benzene rings is 3. The molecule has 3 rings (SSSR count). The summed E-state index contributed by atoms with van der Waals surface area (Å²) >= 11 is 0. The van der Waals surface area contributed by atoms with Gasteiger partial charge in [-0.25, -0.2) is 0 Å². The van der Waals surface area contributed by atoms with E-state index in [1.165, 1.54) is 0 Å². The fourth-order valence-electron chi connectivity index (χ4n) is 2.93. The maximum Gasteiger partial charge on any atom is 0.243 e. The van der Waals surface area contributed by atoms with Gasteiger partial charge in [-0.2, -0.15) is 0 Å². The number of nitrogens with one attached hydrogen (secondary N) is 2. The Hall–Kier alpha value is -3.80. The van der Waals surface area contributed by atoms with E-state index in [1.54, 1.807) is 19.0 Å².